The second kappa shape index (κ2) is 10.1. The van der Waals surface area contributed by atoms with Gasteiger partial charge in [0.1, 0.15) is 6.10 Å². The van der Waals surface area contributed by atoms with Crippen molar-refractivity contribution in [3.05, 3.63) is 28.3 Å². The molecule has 0 spiro atoms. The van der Waals surface area contributed by atoms with Crippen LogP contribution >= 0.6 is 11.6 Å². The molecule has 1 aromatic rings. The van der Waals surface area contributed by atoms with Crippen LogP contribution in [0.1, 0.15) is 50.5 Å². The number of hydrogen-bond acceptors (Lipinski definition) is 4. The monoisotopic (exact) mass is 447 g/mol. The fraction of sp³-hybridized carbons (Fsp3) is 0.565. The summed E-state index contributed by atoms with van der Waals surface area (Å²) < 4.78 is 6.08. The number of amides is 1. The summed E-state index contributed by atoms with van der Waals surface area (Å²) in [5.74, 6) is 5.32. The molecule has 0 saturated carbocycles. The zero-order valence-electron chi connectivity index (χ0n) is 19.1. The number of anilines is 1. The van der Waals surface area contributed by atoms with Crippen molar-refractivity contribution in [2.24, 2.45) is 5.41 Å². The summed E-state index contributed by atoms with van der Waals surface area (Å²) in [6.07, 6.45) is -0.213. The van der Waals surface area contributed by atoms with E-state index in [1.54, 1.807) is 12.1 Å². The molecule has 0 aromatic heterocycles. The molecule has 1 amide bonds. The van der Waals surface area contributed by atoms with Gasteiger partial charge in [-0.25, -0.2) is 0 Å². The van der Waals surface area contributed by atoms with Crippen molar-refractivity contribution < 1.29 is 14.0 Å². The molecule has 7 heteroatoms. The minimum absolute atomic E-state index is 0.128. The van der Waals surface area contributed by atoms with Crippen molar-refractivity contribution in [1.82, 2.24) is 4.90 Å². The largest absolute Gasteiger partial charge is 0.403 e. The molecule has 0 saturated heterocycles. The molecule has 1 radical (unpaired) electrons. The number of rotatable bonds is 7. The first-order chi connectivity index (χ1) is 14.0. The minimum Gasteiger partial charge on any atom is -0.403 e. The van der Waals surface area contributed by atoms with Gasteiger partial charge in [-0.1, -0.05) is 58.1 Å². The van der Waals surface area contributed by atoms with Gasteiger partial charge < -0.3 is 14.2 Å². The molecule has 163 valence electrons. The Kier molecular flexibility index (Phi) is 8.29. The zero-order chi connectivity index (χ0) is 22.6. The highest BCUT2D eigenvalue weighted by Crippen LogP contribution is 2.35. The van der Waals surface area contributed by atoms with E-state index in [0.717, 1.165) is 13.1 Å². The van der Waals surface area contributed by atoms with Crippen LogP contribution in [0.5, 0.6) is 0 Å². The standard InChI is InChI=1S/C23H32ClN2O3Si/c1-8-25(9-2)12-13-26-18-15-16(14-17(24)20(18)21(27)22(26)28)10-11-19(23(3,4)5)29-30(6)7/h14-15,19H,8-9,12-13H2,1-7H3. The van der Waals surface area contributed by atoms with E-state index in [4.69, 9.17) is 16.0 Å². The number of Topliss-reactive ketones (excluding diaryl/α,β-unsaturated/α-hetero) is 1. The van der Waals surface area contributed by atoms with Crippen LogP contribution < -0.4 is 4.90 Å². The van der Waals surface area contributed by atoms with Crippen LogP contribution in [0.3, 0.4) is 0 Å². The summed E-state index contributed by atoms with van der Waals surface area (Å²) in [6.45, 7) is 17.5. The van der Waals surface area contributed by atoms with Gasteiger partial charge in [0.25, 0.3) is 11.7 Å². The van der Waals surface area contributed by atoms with E-state index in [9.17, 15) is 9.59 Å². The summed E-state index contributed by atoms with van der Waals surface area (Å²) in [4.78, 5) is 28.8. The highest BCUT2D eigenvalue weighted by Gasteiger charge is 2.38. The number of carbonyl (C=O) groups is 2. The Bertz CT molecular complexity index is 864. The van der Waals surface area contributed by atoms with Crippen LogP contribution in [0.25, 0.3) is 0 Å². The Morgan fingerprint density at radius 2 is 1.83 bits per heavy atom. The lowest BCUT2D eigenvalue weighted by Crippen LogP contribution is -2.38. The average molecular weight is 448 g/mol. The van der Waals surface area contributed by atoms with Gasteiger partial charge in [-0.2, -0.15) is 0 Å². The highest BCUT2D eigenvalue weighted by molar-refractivity contribution is 6.55. The summed E-state index contributed by atoms with van der Waals surface area (Å²) in [5, 5.41) is 0.268. The third-order valence-corrected chi connectivity index (χ3v) is 6.05. The van der Waals surface area contributed by atoms with Crippen LogP contribution in [0.2, 0.25) is 18.1 Å². The van der Waals surface area contributed by atoms with Crippen molar-refractivity contribution in [3.8, 4) is 11.8 Å². The van der Waals surface area contributed by atoms with Gasteiger partial charge in [0, 0.05) is 18.7 Å². The molecule has 0 fully saturated rings. The lowest BCUT2D eigenvalue weighted by molar-refractivity contribution is -0.114. The fourth-order valence-corrected chi connectivity index (χ4v) is 4.44. The Balaban J connectivity index is 2.38. The minimum atomic E-state index is -0.911. The van der Waals surface area contributed by atoms with Crippen molar-refractivity contribution in [3.63, 3.8) is 0 Å². The van der Waals surface area contributed by atoms with Crippen molar-refractivity contribution in [2.75, 3.05) is 31.1 Å². The third kappa shape index (κ3) is 5.73. The van der Waals surface area contributed by atoms with E-state index in [2.05, 4.69) is 64.5 Å². The van der Waals surface area contributed by atoms with E-state index in [0.29, 0.717) is 24.3 Å². The quantitative estimate of drug-likeness (QED) is 0.356. The lowest BCUT2D eigenvalue weighted by atomic mass is 9.89. The molecular weight excluding hydrogens is 416 g/mol. The number of halogens is 1. The normalized spacial score (nSPS) is 14.9. The smallest absolute Gasteiger partial charge is 0.299 e. The Morgan fingerprint density at radius 3 is 2.37 bits per heavy atom. The first kappa shape index (κ1) is 24.6. The van der Waals surface area contributed by atoms with E-state index in [-0.39, 0.29) is 22.1 Å². The number of nitrogens with zero attached hydrogens (tertiary/aromatic N) is 2. The Labute approximate surface area is 187 Å². The van der Waals surface area contributed by atoms with E-state index in [1.807, 2.05) is 0 Å². The number of benzene rings is 1. The van der Waals surface area contributed by atoms with Gasteiger partial charge in [0.05, 0.1) is 16.3 Å². The third-order valence-electron chi connectivity index (χ3n) is 5.05. The van der Waals surface area contributed by atoms with Gasteiger partial charge in [-0.3, -0.25) is 9.59 Å². The maximum absolute atomic E-state index is 12.6. The molecular formula is C23H32ClN2O3Si. The molecule has 0 aliphatic carbocycles. The fourth-order valence-electron chi connectivity index (χ4n) is 3.25. The second-order valence-corrected chi connectivity index (χ2v) is 11.2. The van der Waals surface area contributed by atoms with E-state index >= 15 is 0 Å². The number of likely N-dealkylation sites (N-methyl/N-ethyl adjacent to an activating group) is 1. The molecule has 1 aromatic carbocycles. The number of hydrogen-bond donors (Lipinski definition) is 0. The molecule has 1 aliphatic rings. The van der Waals surface area contributed by atoms with Crippen LogP contribution in [-0.4, -0.2) is 57.9 Å². The Hall–Kier alpha value is -1.65. The highest BCUT2D eigenvalue weighted by atomic mass is 35.5. The lowest BCUT2D eigenvalue weighted by Gasteiger charge is -2.28. The summed E-state index contributed by atoms with van der Waals surface area (Å²) in [5.41, 5.74) is 1.38. The average Bonchev–Trinajstić information content (AvgIpc) is 2.89. The van der Waals surface area contributed by atoms with Crippen molar-refractivity contribution >= 4 is 38.0 Å². The van der Waals surface area contributed by atoms with Crippen LogP contribution in [0.15, 0.2) is 12.1 Å². The maximum atomic E-state index is 12.6. The summed E-state index contributed by atoms with van der Waals surface area (Å²) in [7, 11) is -0.911. The van der Waals surface area contributed by atoms with Gasteiger partial charge >= 0.3 is 0 Å². The first-order valence-electron chi connectivity index (χ1n) is 10.4. The predicted molar refractivity (Wildman–Crippen MR) is 125 cm³/mol. The molecule has 0 N–H and O–H groups in total. The summed E-state index contributed by atoms with van der Waals surface area (Å²) >= 11 is 6.40. The molecule has 5 nitrogen and oxygen atoms in total. The molecule has 1 heterocycles. The summed E-state index contributed by atoms with van der Waals surface area (Å²) in [6, 6.07) is 3.46. The van der Waals surface area contributed by atoms with Crippen LogP contribution in [-0.2, 0) is 9.22 Å². The van der Waals surface area contributed by atoms with Gasteiger partial charge in [-0.15, -0.1) is 0 Å². The molecule has 30 heavy (non-hydrogen) atoms. The van der Waals surface area contributed by atoms with Gasteiger partial charge in [-0.05, 0) is 43.7 Å². The molecule has 0 bridgehead atoms. The SMILES string of the molecule is CCN(CC)CCN1C(=O)C(=O)c2c(Cl)cc(C#CC(O[Si](C)C)C(C)(C)C)cc21. The second-order valence-electron chi connectivity index (χ2n) is 8.71. The topological polar surface area (TPSA) is 49.9 Å². The van der Waals surface area contributed by atoms with E-state index < -0.39 is 20.7 Å². The molecule has 2 rings (SSSR count). The number of ketones is 1. The maximum Gasteiger partial charge on any atom is 0.299 e. The van der Waals surface area contributed by atoms with Gasteiger partial charge in [0.2, 0.25) is 9.04 Å². The zero-order valence-corrected chi connectivity index (χ0v) is 20.8. The Morgan fingerprint density at radius 1 is 1.20 bits per heavy atom. The number of fused-ring (bicyclic) bond motifs is 1. The molecule has 1 aliphatic heterocycles. The van der Waals surface area contributed by atoms with Crippen molar-refractivity contribution in [1.29, 1.82) is 0 Å². The molecule has 1 atom stereocenters. The van der Waals surface area contributed by atoms with E-state index in [1.165, 1.54) is 4.90 Å². The predicted octanol–water partition coefficient (Wildman–Crippen LogP) is 4.25. The van der Waals surface area contributed by atoms with Crippen LogP contribution in [0, 0.1) is 17.3 Å². The van der Waals surface area contributed by atoms with Crippen LogP contribution in [0.4, 0.5) is 5.69 Å². The number of carbonyl (C=O) groups excluding carboxylic acids is 2. The molecule has 1 unspecified atom stereocenters. The first-order valence-corrected chi connectivity index (χ1v) is 13.2. The van der Waals surface area contributed by atoms with Gasteiger partial charge in [0.15, 0.2) is 0 Å². The van der Waals surface area contributed by atoms with Crippen molar-refractivity contribution in [2.45, 2.75) is 53.8 Å².